The molecule has 0 bridgehead atoms. The Labute approximate surface area is 93.7 Å². The molecule has 3 nitrogen and oxygen atoms in total. The predicted octanol–water partition coefficient (Wildman–Crippen LogP) is 2.74. The fraction of sp³-hybridized carbons (Fsp3) is 0.545. The number of rotatable bonds is 4. The third kappa shape index (κ3) is 2.15. The minimum absolute atomic E-state index is 0.134. The van der Waals surface area contributed by atoms with E-state index >= 15 is 0 Å². The molecular formula is C11H16N2OS. The first-order valence-electron chi connectivity index (χ1n) is 5.30. The van der Waals surface area contributed by atoms with Crippen molar-refractivity contribution in [1.82, 2.24) is 0 Å². The monoisotopic (exact) mass is 224 g/mol. The first kappa shape index (κ1) is 10.5. The summed E-state index contributed by atoms with van der Waals surface area (Å²) in [5, 5.41) is 4.42. The summed E-state index contributed by atoms with van der Waals surface area (Å²) in [4.78, 5) is 12.2. The molecule has 3 N–H and O–H groups in total. The van der Waals surface area contributed by atoms with E-state index in [2.05, 4.69) is 12.2 Å². The third-order valence-electron chi connectivity index (χ3n) is 2.77. The quantitative estimate of drug-likeness (QED) is 0.773. The summed E-state index contributed by atoms with van der Waals surface area (Å²) in [5.41, 5.74) is 6.41. The molecule has 2 atom stereocenters. The summed E-state index contributed by atoms with van der Waals surface area (Å²) in [5.74, 6) is 0.882. The van der Waals surface area contributed by atoms with Gasteiger partial charge in [0.05, 0.1) is 15.6 Å². The maximum Gasteiger partial charge on any atom is 0.174 e. The van der Waals surface area contributed by atoms with Crippen LogP contribution in [-0.4, -0.2) is 11.8 Å². The van der Waals surface area contributed by atoms with Gasteiger partial charge in [-0.25, -0.2) is 0 Å². The molecule has 1 aromatic rings. The molecule has 1 aliphatic carbocycles. The fourth-order valence-corrected chi connectivity index (χ4v) is 2.61. The zero-order valence-electron chi connectivity index (χ0n) is 9.04. The highest BCUT2D eigenvalue weighted by Crippen LogP contribution is 2.37. The Morgan fingerprint density at radius 1 is 1.73 bits per heavy atom. The van der Waals surface area contributed by atoms with Crippen LogP contribution in [0, 0.1) is 5.92 Å². The number of nitrogens with two attached hydrogens (primary N) is 1. The van der Waals surface area contributed by atoms with Gasteiger partial charge in [-0.15, -0.1) is 11.3 Å². The number of hydrogen-bond donors (Lipinski definition) is 2. The van der Waals surface area contributed by atoms with Crippen molar-refractivity contribution in [2.45, 2.75) is 32.7 Å². The second kappa shape index (κ2) is 3.85. The summed E-state index contributed by atoms with van der Waals surface area (Å²) in [6.45, 7) is 4.07. The van der Waals surface area contributed by atoms with Crippen LogP contribution in [0.5, 0.6) is 0 Å². The van der Waals surface area contributed by atoms with E-state index in [1.807, 2.05) is 13.0 Å². The average molecular weight is 224 g/mol. The molecule has 15 heavy (non-hydrogen) atoms. The number of carbonyl (C=O) groups excluding carboxylic acids is 1. The van der Waals surface area contributed by atoms with Crippen LogP contribution in [0.1, 0.15) is 36.4 Å². The van der Waals surface area contributed by atoms with Crippen molar-refractivity contribution in [3.05, 3.63) is 10.9 Å². The lowest BCUT2D eigenvalue weighted by Crippen LogP contribution is -2.00. The van der Waals surface area contributed by atoms with Crippen molar-refractivity contribution in [1.29, 1.82) is 0 Å². The summed E-state index contributed by atoms with van der Waals surface area (Å²) in [6.07, 6.45) is 1.73. The van der Waals surface area contributed by atoms with E-state index in [0.29, 0.717) is 23.0 Å². The molecule has 1 heterocycles. The van der Waals surface area contributed by atoms with Gasteiger partial charge in [-0.2, -0.15) is 0 Å². The Bertz CT molecular complexity index is 386. The van der Waals surface area contributed by atoms with Crippen molar-refractivity contribution >= 4 is 27.8 Å². The maximum absolute atomic E-state index is 11.5. The van der Waals surface area contributed by atoms with E-state index in [4.69, 9.17) is 5.73 Å². The van der Waals surface area contributed by atoms with Gasteiger partial charge >= 0.3 is 0 Å². The van der Waals surface area contributed by atoms with Crippen LogP contribution in [0.25, 0.3) is 0 Å². The Kier molecular flexibility index (Phi) is 2.69. The first-order chi connectivity index (χ1) is 7.11. The number of hydrogen-bond acceptors (Lipinski definition) is 4. The Morgan fingerprint density at radius 2 is 2.40 bits per heavy atom. The van der Waals surface area contributed by atoms with Crippen molar-refractivity contribution in [2.75, 3.05) is 11.1 Å². The van der Waals surface area contributed by atoms with Gasteiger partial charge in [0.15, 0.2) is 5.78 Å². The summed E-state index contributed by atoms with van der Waals surface area (Å²) >= 11 is 1.48. The van der Waals surface area contributed by atoms with Gasteiger partial charge in [-0.05, 0) is 18.4 Å². The fourth-order valence-electron chi connectivity index (χ4n) is 1.56. The van der Waals surface area contributed by atoms with Gasteiger partial charge in [0.2, 0.25) is 0 Å². The molecule has 1 aromatic heterocycles. The number of thiophene rings is 1. The molecule has 1 aliphatic rings. The second-order valence-corrected chi connectivity index (χ2v) is 5.19. The predicted molar refractivity (Wildman–Crippen MR) is 64.5 cm³/mol. The SMILES string of the molecule is CCC(=O)c1sc(NC2CC2C)cc1N. The zero-order valence-corrected chi connectivity index (χ0v) is 9.86. The van der Waals surface area contributed by atoms with E-state index in [1.54, 1.807) is 0 Å². The van der Waals surface area contributed by atoms with E-state index < -0.39 is 0 Å². The number of nitrogens with one attached hydrogen (secondary N) is 1. The van der Waals surface area contributed by atoms with E-state index in [0.717, 1.165) is 10.9 Å². The van der Waals surface area contributed by atoms with Crippen molar-refractivity contribution < 1.29 is 4.79 Å². The molecule has 2 rings (SSSR count). The molecule has 0 radical (unpaired) electrons. The topological polar surface area (TPSA) is 55.1 Å². The van der Waals surface area contributed by atoms with Crippen LogP contribution in [0.2, 0.25) is 0 Å². The lowest BCUT2D eigenvalue weighted by Gasteiger charge is -1.98. The van der Waals surface area contributed by atoms with Crippen LogP contribution in [0.15, 0.2) is 6.07 Å². The van der Waals surface area contributed by atoms with Crippen LogP contribution >= 0.6 is 11.3 Å². The highest BCUT2D eigenvalue weighted by Gasteiger charge is 2.32. The molecule has 0 amide bonds. The van der Waals surface area contributed by atoms with Crippen molar-refractivity contribution in [3.63, 3.8) is 0 Å². The standard InChI is InChI=1S/C11H16N2OS/c1-3-9(14)11-7(12)5-10(15-11)13-8-4-6(8)2/h5-6,8,13H,3-4,12H2,1-2H3. The number of nitrogen functional groups attached to an aromatic ring is 1. The first-order valence-corrected chi connectivity index (χ1v) is 6.12. The molecule has 1 fully saturated rings. The average Bonchev–Trinajstić information content (AvgIpc) is 2.74. The highest BCUT2D eigenvalue weighted by molar-refractivity contribution is 7.18. The van der Waals surface area contributed by atoms with Crippen LogP contribution in [0.4, 0.5) is 10.7 Å². The van der Waals surface area contributed by atoms with Crippen molar-refractivity contribution in [2.24, 2.45) is 5.92 Å². The van der Waals surface area contributed by atoms with Crippen LogP contribution in [-0.2, 0) is 0 Å². The summed E-state index contributed by atoms with van der Waals surface area (Å²) < 4.78 is 0. The summed E-state index contributed by atoms with van der Waals surface area (Å²) in [7, 11) is 0. The minimum atomic E-state index is 0.134. The molecule has 82 valence electrons. The van der Waals surface area contributed by atoms with Gasteiger partial charge < -0.3 is 11.1 Å². The number of carbonyl (C=O) groups is 1. The van der Waals surface area contributed by atoms with E-state index in [9.17, 15) is 4.79 Å². The lowest BCUT2D eigenvalue weighted by atomic mass is 10.2. The summed E-state index contributed by atoms with van der Waals surface area (Å²) in [6, 6.07) is 2.45. The Balaban J connectivity index is 2.10. The van der Waals surface area contributed by atoms with E-state index in [1.165, 1.54) is 17.8 Å². The number of anilines is 2. The molecule has 0 aromatic carbocycles. The van der Waals surface area contributed by atoms with Gasteiger partial charge in [-0.3, -0.25) is 4.79 Å². The van der Waals surface area contributed by atoms with Crippen molar-refractivity contribution in [3.8, 4) is 0 Å². The zero-order chi connectivity index (χ0) is 11.0. The second-order valence-electron chi connectivity index (χ2n) is 4.14. The van der Waals surface area contributed by atoms with Gasteiger partial charge in [0.25, 0.3) is 0 Å². The number of ketones is 1. The molecule has 2 unspecified atom stereocenters. The highest BCUT2D eigenvalue weighted by atomic mass is 32.1. The van der Waals surface area contributed by atoms with Gasteiger partial charge in [0, 0.05) is 12.5 Å². The molecule has 0 saturated heterocycles. The minimum Gasteiger partial charge on any atom is -0.397 e. The van der Waals surface area contributed by atoms with E-state index in [-0.39, 0.29) is 5.78 Å². The number of Topliss-reactive ketones (excluding diaryl/α,β-unsaturated/α-hetero) is 1. The lowest BCUT2D eigenvalue weighted by molar-refractivity contribution is 0.0993. The molecule has 4 heteroatoms. The van der Waals surface area contributed by atoms with Gasteiger partial charge in [-0.1, -0.05) is 13.8 Å². The van der Waals surface area contributed by atoms with Crippen LogP contribution < -0.4 is 11.1 Å². The molecule has 0 aliphatic heterocycles. The maximum atomic E-state index is 11.5. The third-order valence-corrected chi connectivity index (χ3v) is 3.90. The molecule has 1 saturated carbocycles. The largest absolute Gasteiger partial charge is 0.397 e. The van der Waals surface area contributed by atoms with Crippen LogP contribution in [0.3, 0.4) is 0 Å². The molecule has 0 spiro atoms. The molecular weight excluding hydrogens is 208 g/mol. The Morgan fingerprint density at radius 3 is 2.93 bits per heavy atom. The van der Waals surface area contributed by atoms with Gasteiger partial charge in [0.1, 0.15) is 0 Å². The Hall–Kier alpha value is -1.03. The normalized spacial score (nSPS) is 23.9. The smallest absolute Gasteiger partial charge is 0.174 e.